The second-order valence-electron chi connectivity index (χ2n) is 4.81. The van der Waals surface area contributed by atoms with Crippen LogP contribution in [0.1, 0.15) is 29.9 Å². The highest BCUT2D eigenvalue weighted by Gasteiger charge is 2.26. The number of rotatable bonds is 5. The van der Waals surface area contributed by atoms with Crippen LogP contribution in [0.2, 0.25) is 0 Å². The summed E-state index contributed by atoms with van der Waals surface area (Å²) in [5.41, 5.74) is 2.74. The maximum absolute atomic E-state index is 5.17. The number of ether oxygens (including phenoxy) is 1. The van der Waals surface area contributed by atoms with Crippen molar-refractivity contribution in [2.24, 2.45) is 0 Å². The van der Waals surface area contributed by atoms with Crippen molar-refractivity contribution in [2.45, 2.75) is 29.5 Å². The van der Waals surface area contributed by atoms with Gasteiger partial charge in [0.15, 0.2) is 0 Å². The van der Waals surface area contributed by atoms with E-state index in [9.17, 15) is 0 Å². The monoisotopic (exact) mass is 271 g/mol. The van der Waals surface area contributed by atoms with Crippen molar-refractivity contribution in [1.82, 2.24) is 4.98 Å². The summed E-state index contributed by atoms with van der Waals surface area (Å²) in [4.78, 5) is 4.53. The number of nitrogens with zero attached hydrogens (tertiary/aromatic N) is 1. The van der Waals surface area contributed by atoms with Gasteiger partial charge in [-0.3, -0.25) is 0 Å². The van der Waals surface area contributed by atoms with Gasteiger partial charge in [-0.25, -0.2) is 4.98 Å². The molecule has 1 fully saturated rings. The molecule has 0 amide bonds. The van der Waals surface area contributed by atoms with Crippen LogP contribution in [-0.2, 0) is 5.75 Å². The fourth-order valence-corrected chi connectivity index (χ4v) is 3.13. The lowest BCUT2D eigenvalue weighted by Gasteiger charge is -2.07. The van der Waals surface area contributed by atoms with E-state index in [0.717, 1.165) is 17.4 Å². The summed E-state index contributed by atoms with van der Waals surface area (Å²) in [7, 11) is 1.69. The van der Waals surface area contributed by atoms with Gasteiger partial charge in [0.1, 0.15) is 5.75 Å². The summed E-state index contributed by atoms with van der Waals surface area (Å²) in [6.45, 7) is 0. The molecule has 0 spiro atoms. The van der Waals surface area contributed by atoms with Crippen molar-refractivity contribution in [2.75, 3.05) is 7.11 Å². The van der Waals surface area contributed by atoms with Gasteiger partial charge in [0.25, 0.3) is 0 Å². The highest BCUT2D eigenvalue weighted by atomic mass is 32.2. The van der Waals surface area contributed by atoms with E-state index in [4.69, 9.17) is 4.74 Å². The highest BCUT2D eigenvalue weighted by Crippen LogP contribution is 2.43. The molecule has 1 aliphatic rings. The Morgan fingerprint density at radius 1 is 1.21 bits per heavy atom. The molecule has 3 rings (SSSR count). The first kappa shape index (κ1) is 12.5. The SMILES string of the molecule is COc1ccc(CSc2ncccc2C2CC2)cc1. The van der Waals surface area contributed by atoms with Gasteiger partial charge in [-0.05, 0) is 48.1 Å². The van der Waals surface area contributed by atoms with Gasteiger partial charge >= 0.3 is 0 Å². The Labute approximate surface area is 118 Å². The van der Waals surface area contributed by atoms with E-state index in [-0.39, 0.29) is 0 Å². The average Bonchev–Trinajstić information content (AvgIpc) is 3.30. The molecule has 98 valence electrons. The first-order valence-electron chi connectivity index (χ1n) is 6.57. The van der Waals surface area contributed by atoms with Crippen LogP contribution in [0.15, 0.2) is 47.6 Å². The minimum absolute atomic E-state index is 0.757. The number of benzene rings is 1. The van der Waals surface area contributed by atoms with Crippen LogP contribution in [0, 0.1) is 0 Å². The zero-order chi connectivity index (χ0) is 13.1. The van der Waals surface area contributed by atoms with E-state index >= 15 is 0 Å². The summed E-state index contributed by atoms with van der Waals surface area (Å²) < 4.78 is 5.17. The van der Waals surface area contributed by atoms with Gasteiger partial charge in [-0.1, -0.05) is 18.2 Å². The van der Waals surface area contributed by atoms with Crippen LogP contribution in [-0.4, -0.2) is 12.1 Å². The normalized spacial score (nSPS) is 14.4. The van der Waals surface area contributed by atoms with Gasteiger partial charge in [0, 0.05) is 11.9 Å². The molecular weight excluding hydrogens is 254 g/mol. The van der Waals surface area contributed by atoms with Crippen molar-refractivity contribution in [3.63, 3.8) is 0 Å². The van der Waals surface area contributed by atoms with Crippen LogP contribution in [0.5, 0.6) is 5.75 Å². The molecule has 0 saturated heterocycles. The molecule has 0 N–H and O–H groups in total. The Hall–Kier alpha value is -1.48. The number of thioether (sulfide) groups is 1. The largest absolute Gasteiger partial charge is 0.497 e. The average molecular weight is 271 g/mol. The summed E-state index contributed by atoms with van der Waals surface area (Å²) in [5, 5.41) is 1.20. The van der Waals surface area contributed by atoms with Crippen molar-refractivity contribution < 1.29 is 4.74 Å². The maximum Gasteiger partial charge on any atom is 0.118 e. The molecule has 1 aromatic carbocycles. The Kier molecular flexibility index (Phi) is 3.74. The zero-order valence-corrected chi connectivity index (χ0v) is 11.8. The van der Waals surface area contributed by atoms with Gasteiger partial charge in [-0.15, -0.1) is 11.8 Å². The second-order valence-corrected chi connectivity index (χ2v) is 5.77. The van der Waals surface area contributed by atoms with E-state index in [1.165, 1.54) is 29.0 Å². The van der Waals surface area contributed by atoms with Crippen LogP contribution >= 0.6 is 11.8 Å². The number of hydrogen-bond donors (Lipinski definition) is 0. The van der Waals surface area contributed by atoms with Gasteiger partial charge in [0.2, 0.25) is 0 Å². The smallest absolute Gasteiger partial charge is 0.118 e. The van der Waals surface area contributed by atoms with Crippen molar-refractivity contribution in [3.05, 3.63) is 53.7 Å². The lowest BCUT2D eigenvalue weighted by Crippen LogP contribution is -1.90. The van der Waals surface area contributed by atoms with E-state index in [1.54, 1.807) is 7.11 Å². The maximum atomic E-state index is 5.17. The summed E-state index contributed by atoms with van der Waals surface area (Å²) >= 11 is 1.83. The molecule has 1 aliphatic carbocycles. The number of pyridine rings is 1. The van der Waals surface area contributed by atoms with Crippen molar-refractivity contribution in [1.29, 1.82) is 0 Å². The minimum atomic E-state index is 0.757. The van der Waals surface area contributed by atoms with Crippen LogP contribution < -0.4 is 4.74 Å². The third-order valence-electron chi connectivity index (χ3n) is 3.35. The topological polar surface area (TPSA) is 22.1 Å². The van der Waals surface area contributed by atoms with Crippen LogP contribution in [0.4, 0.5) is 0 Å². The first-order chi connectivity index (χ1) is 9.36. The Balaban J connectivity index is 1.68. The van der Waals surface area contributed by atoms with Gasteiger partial charge in [0.05, 0.1) is 12.1 Å². The van der Waals surface area contributed by atoms with E-state index in [2.05, 4.69) is 23.2 Å². The lowest BCUT2D eigenvalue weighted by atomic mass is 10.2. The predicted molar refractivity (Wildman–Crippen MR) is 78.8 cm³/mol. The molecule has 2 nitrogen and oxygen atoms in total. The van der Waals surface area contributed by atoms with Crippen molar-refractivity contribution >= 4 is 11.8 Å². The summed E-state index contributed by atoms with van der Waals surface area (Å²) in [6.07, 6.45) is 4.53. The molecular formula is C16H17NOS. The number of methoxy groups -OCH3 is 1. The molecule has 3 heteroatoms. The van der Waals surface area contributed by atoms with E-state index in [0.29, 0.717) is 0 Å². The third-order valence-corrected chi connectivity index (χ3v) is 4.44. The molecule has 0 bridgehead atoms. The molecule has 19 heavy (non-hydrogen) atoms. The lowest BCUT2D eigenvalue weighted by molar-refractivity contribution is 0.414. The fraction of sp³-hybridized carbons (Fsp3) is 0.312. The molecule has 1 heterocycles. The summed E-state index contributed by atoms with van der Waals surface area (Å²) in [6, 6.07) is 12.5. The minimum Gasteiger partial charge on any atom is -0.497 e. The third kappa shape index (κ3) is 3.10. The van der Waals surface area contributed by atoms with Gasteiger partial charge < -0.3 is 4.74 Å². The number of hydrogen-bond acceptors (Lipinski definition) is 3. The Morgan fingerprint density at radius 2 is 2.00 bits per heavy atom. The number of aromatic nitrogens is 1. The van der Waals surface area contributed by atoms with Crippen LogP contribution in [0.25, 0.3) is 0 Å². The van der Waals surface area contributed by atoms with E-state index in [1.807, 2.05) is 36.2 Å². The Morgan fingerprint density at radius 3 is 2.68 bits per heavy atom. The quantitative estimate of drug-likeness (QED) is 0.759. The zero-order valence-electron chi connectivity index (χ0n) is 11.0. The van der Waals surface area contributed by atoms with E-state index < -0.39 is 0 Å². The standard InChI is InChI=1S/C16H17NOS/c1-18-14-8-4-12(5-9-14)11-19-16-15(13-6-7-13)3-2-10-17-16/h2-5,8-10,13H,6-7,11H2,1H3. The summed E-state index contributed by atoms with van der Waals surface area (Å²) in [5.74, 6) is 2.62. The van der Waals surface area contributed by atoms with Crippen molar-refractivity contribution in [3.8, 4) is 5.75 Å². The predicted octanol–water partition coefficient (Wildman–Crippen LogP) is 4.26. The molecule has 0 atom stereocenters. The molecule has 0 radical (unpaired) electrons. The molecule has 0 unspecified atom stereocenters. The molecule has 2 aromatic rings. The molecule has 1 saturated carbocycles. The molecule has 1 aromatic heterocycles. The Bertz CT molecular complexity index is 549. The second kappa shape index (κ2) is 5.66. The van der Waals surface area contributed by atoms with Crippen LogP contribution in [0.3, 0.4) is 0 Å². The highest BCUT2D eigenvalue weighted by molar-refractivity contribution is 7.98. The van der Waals surface area contributed by atoms with Gasteiger partial charge in [-0.2, -0.15) is 0 Å². The first-order valence-corrected chi connectivity index (χ1v) is 7.56. The molecule has 0 aliphatic heterocycles. The fourth-order valence-electron chi connectivity index (χ4n) is 2.10.